The Labute approximate surface area is 129 Å². The molecule has 0 atom stereocenters. The molecule has 1 aliphatic heterocycles. The largest absolute Gasteiger partial charge is 0.377 e. The van der Waals surface area contributed by atoms with Crippen molar-refractivity contribution in [2.45, 2.75) is 38.2 Å². The molecular weight excluding hydrogens is 294 g/mol. The maximum atomic E-state index is 12.1. The molecule has 20 heavy (non-hydrogen) atoms. The molecule has 2 rings (SSSR count). The van der Waals surface area contributed by atoms with Gasteiger partial charge in [0.05, 0.1) is 12.7 Å². The normalized spacial score (nSPS) is 16.6. The Morgan fingerprint density at radius 1 is 1.45 bits per heavy atom. The number of rotatable bonds is 7. The number of hydrogen-bond acceptors (Lipinski definition) is 3. The Kier molecular flexibility index (Phi) is 6.83. The fourth-order valence-corrected chi connectivity index (χ4v) is 3.35. The summed E-state index contributed by atoms with van der Waals surface area (Å²) in [6, 6.07) is 4.20. The minimum atomic E-state index is 0.281. The number of halogens is 1. The van der Waals surface area contributed by atoms with Crippen LogP contribution in [0.5, 0.6) is 0 Å². The van der Waals surface area contributed by atoms with Gasteiger partial charge in [-0.3, -0.25) is 4.79 Å². The molecule has 1 fully saturated rings. The summed E-state index contributed by atoms with van der Waals surface area (Å²) in [6.07, 6.45) is 4.77. The summed E-state index contributed by atoms with van der Waals surface area (Å²) >= 11 is 7.38. The molecule has 0 unspecified atom stereocenters. The van der Waals surface area contributed by atoms with E-state index in [4.69, 9.17) is 16.3 Å². The Bertz CT molecular complexity index is 389. The van der Waals surface area contributed by atoms with Gasteiger partial charge in [0.2, 0.25) is 5.91 Å². The van der Waals surface area contributed by atoms with E-state index in [0.717, 1.165) is 38.8 Å². The van der Waals surface area contributed by atoms with Crippen molar-refractivity contribution in [3.05, 3.63) is 22.4 Å². The number of hydrogen-bond donors (Lipinski definition) is 0. The summed E-state index contributed by atoms with van der Waals surface area (Å²) in [5.41, 5.74) is 0. The maximum absolute atomic E-state index is 12.1. The molecule has 2 heterocycles. The van der Waals surface area contributed by atoms with Crippen molar-refractivity contribution in [1.82, 2.24) is 4.90 Å². The first-order chi connectivity index (χ1) is 9.79. The van der Waals surface area contributed by atoms with Gasteiger partial charge in [-0.25, -0.2) is 0 Å². The molecule has 0 saturated carbocycles. The number of aryl methyl sites for hydroxylation is 1. The SMILES string of the molecule is O=C(CCCc1cccs1)N1CCC(OCCCl)CC1. The fourth-order valence-electron chi connectivity index (χ4n) is 2.51. The van der Waals surface area contributed by atoms with Gasteiger partial charge in [-0.15, -0.1) is 22.9 Å². The van der Waals surface area contributed by atoms with Crippen molar-refractivity contribution >= 4 is 28.8 Å². The number of ether oxygens (including phenoxy) is 1. The van der Waals surface area contributed by atoms with Gasteiger partial charge in [-0.1, -0.05) is 6.07 Å². The number of likely N-dealkylation sites (tertiary alicyclic amines) is 1. The van der Waals surface area contributed by atoms with E-state index in [1.54, 1.807) is 11.3 Å². The molecule has 0 N–H and O–H groups in total. The lowest BCUT2D eigenvalue weighted by molar-refractivity contribution is -0.133. The second-order valence-corrected chi connectivity index (χ2v) is 6.48. The lowest BCUT2D eigenvalue weighted by Gasteiger charge is -2.32. The van der Waals surface area contributed by atoms with Crippen LogP contribution in [0.1, 0.15) is 30.6 Å². The van der Waals surface area contributed by atoms with Crippen molar-refractivity contribution < 1.29 is 9.53 Å². The highest BCUT2D eigenvalue weighted by Crippen LogP contribution is 2.16. The summed E-state index contributed by atoms with van der Waals surface area (Å²) < 4.78 is 5.62. The van der Waals surface area contributed by atoms with Gasteiger partial charge in [-0.05, 0) is 37.1 Å². The zero-order chi connectivity index (χ0) is 14.2. The number of carbonyl (C=O) groups is 1. The van der Waals surface area contributed by atoms with Gasteiger partial charge in [0.1, 0.15) is 0 Å². The quantitative estimate of drug-likeness (QED) is 0.722. The zero-order valence-corrected chi connectivity index (χ0v) is 13.3. The Hall–Kier alpha value is -0.580. The van der Waals surface area contributed by atoms with E-state index in [0.29, 0.717) is 18.9 Å². The van der Waals surface area contributed by atoms with Crippen LogP contribution in [-0.2, 0) is 16.0 Å². The van der Waals surface area contributed by atoms with Crippen LogP contribution in [0.15, 0.2) is 17.5 Å². The highest BCUT2D eigenvalue weighted by molar-refractivity contribution is 7.09. The molecule has 5 heteroatoms. The van der Waals surface area contributed by atoms with Crippen LogP contribution in [0, 0.1) is 0 Å². The number of nitrogens with zero attached hydrogens (tertiary/aromatic N) is 1. The van der Waals surface area contributed by atoms with Crippen molar-refractivity contribution in [3.8, 4) is 0 Å². The minimum Gasteiger partial charge on any atom is -0.377 e. The van der Waals surface area contributed by atoms with Crippen LogP contribution in [-0.4, -0.2) is 42.5 Å². The first kappa shape index (κ1) is 15.8. The van der Waals surface area contributed by atoms with Crippen LogP contribution >= 0.6 is 22.9 Å². The molecule has 3 nitrogen and oxygen atoms in total. The van der Waals surface area contributed by atoms with Crippen molar-refractivity contribution in [2.24, 2.45) is 0 Å². The molecular formula is C15H22ClNO2S. The minimum absolute atomic E-state index is 0.281. The van der Waals surface area contributed by atoms with E-state index >= 15 is 0 Å². The lowest BCUT2D eigenvalue weighted by Crippen LogP contribution is -2.41. The topological polar surface area (TPSA) is 29.5 Å². The molecule has 0 aromatic carbocycles. The van der Waals surface area contributed by atoms with Crippen LogP contribution in [0.25, 0.3) is 0 Å². The third-order valence-corrected chi connectivity index (χ3v) is 4.71. The standard InChI is InChI=1S/C15H22ClNO2S/c16-8-11-19-13-6-9-17(10-7-13)15(18)5-1-3-14-4-2-12-20-14/h2,4,12-13H,1,3,5-11H2. The molecule has 1 saturated heterocycles. The predicted octanol–water partition coefficient (Wildman–Crippen LogP) is 3.32. The Morgan fingerprint density at radius 2 is 2.25 bits per heavy atom. The molecule has 1 aliphatic rings. The smallest absolute Gasteiger partial charge is 0.222 e. The summed E-state index contributed by atoms with van der Waals surface area (Å²) in [6.45, 7) is 2.26. The van der Waals surface area contributed by atoms with Gasteiger partial charge < -0.3 is 9.64 Å². The molecule has 0 aliphatic carbocycles. The van der Waals surface area contributed by atoms with E-state index in [-0.39, 0.29) is 12.0 Å². The van der Waals surface area contributed by atoms with Crippen molar-refractivity contribution in [3.63, 3.8) is 0 Å². The number of thiophene rings is 1. The number of alkyl halides is 1. The van der Waals surface area contributed by atoms with E-state index in [1.165, 1.54) is 4.88 Å². The highest BCUT2D eigenvalue weighted by Gasteiger charge is 2.22. The van der Waals surface area contributed by atoms with Gasteiger partial charge in [-0.2, -0.15) is 0 Å². The molecule has 1 amide bonds. The molecule has 0 bridgehead atoms. The van der Waals surface area contributed by atoms with Crippen LogP contribution in [0.3, 0.4) is 0 Å². The third-order valence-electron chi connectivity index (χ3n) is 3.62. The number of carbonyl (C=O) groups excluding carboxylic acids is 1. The lowest BCUT2D eigenvalue weighted by atomic mass is 10.1. The summed E-state index contributed by atoms with van der Waals surface area (Å²) in [5.74, 6) is 0.833. The first-order valence-electron chi connectivity index (χ1n) is 7.27. The number of amides is 1. The summed E-state index contributed by atoms with van der Waals surface area (Å²) in [7, 11) is 0. The fraction of sp³-hybridized carbons (Fsp3) is 0.667. The molecule has 0 radical (unpaired) electrons. The Balaban J connectivity index is 1.61. The third kappa shape index (κ3) is 5.08. The van der Waals surface area contributed by atoms with Gasteiger partial charge in [0, 0.05) is 30.3 Å². The van der Waals surface area contributed by atoms with E-state index in [2.05, 4.69) is 17.5 Å². The second kappa shape index (κ2) is 8.65. The first-order valence-corrected chi connectivity index (χ1v) is 8.68. The average Bonchev–Trinajstić information content (AvgIpc) is 2.99. The van der Waals surface area contributed by atoms with Crippen molar-refractivity contribution in [2.75, 3.05) is 25.6 Å². The van der Waals surface area contributed by atoms with Crippen LogP contribution in [0.2, 0.25) is 0 Å². The van der Waals surface area contributed by atoms with Gasteiger partial charge in [0.25, 0.3) is 0 Å². The van der Waals surface area contributed by atoms with Crippen molar-refractivity contribution in [1.29, 1.82) is 0 Å². The van der Waals surface area contributed by atoms with E-state index in [1.807, 2.05) is 4.90 Å². The molecule has 1 aromatic rings. The zero-order valence-electron chi connectivity index (χ0n) is 11.7. The van der Waals surface area contributed by atoms with Crippen LogP contribution in [0.4, 0.5) is 0 Å². The number of piperidine rings is 1. The Morgan fingerprint density at radius 3 is 2.90 bits per heavy atom. The molecule has 112 valence electrons. The second-order valence-electron chi connectivity index (χ2n) is 5.07. The van der Waals surface area contributed by atoms with Crippen LogP contribution < -0.4 is 0 Å². The van der Waals surface area contributed by atoms with E-state index in [9.17, 15) is 4.79 Å². The highest BCUT2D eigenvalue weighted by atomic mass is 35.5. The monoisotopic (exact) mass is 315 g/mol. The summed E-state index contributed by atoms with van der Waals surface area (Å²) in [5, 5.41) is 2.09. The average molecular weight is 316 g/mol. The van der Waals surface area contributed by atoms with Gasteiger partial charge >= 0.3 is 0 Å². The predicted molar refractivity (Wildman–Crippen MR) is 83.5 cm³/mol. The van der Waals surface area contributed by atoms with Gasteiger partial charge in [0.15, 0.2) is 0 Å². The summed E-state index contributed by atoms with van der Waals surface area (Å²) in [4.78, 5) is 15.5. The molecule has 1 aromatic heterocycles. The van der Waals surface area contributed by atoms with E-state index < -0.39 is 0 Å². The molecule has 0 spiro atoms. The maximum Gasteiger partial charge on any atom is 0.222 e.